The third-order valence-corrected chi connectivity index (χ3v) is 5.70. The molecule has 2 aromatic heterocycles. The van der Waals surface area contributed by atoms with E-state index >= 15 is 0 Å². The predicted molar refractivity (Wildman–Crippen MR) is 135 cm³/mol. The first-order chi connectivity index (χ1) is 16.9. The van der Waals surface area contributed by atoms with Crippen LogP contribution in [0.3, 0.4) is 0 Å². The van der Waals surface area contributed by atoms with E-state index in [1.54, 1.807) is 29.9 Å². The summed E-state index contributed by atoms with van der Waals surface area (Å²) >= 11 is 0. The fraction of sp³-hybridized carbons (Fsp3) is 0.250. The van der Waals surface area contributed by atoms with Gasteiger partial charge in [0.1, 0.15) is 17.4 Å². The summed E-state index contributed by atoms with van der Waals surface area (Å²) in [7, 11) is 3.01. The summed E-state index contributed by atoms with van der Waals surface area (Å²) in [6, 6.07) is 11.3. The van der Waals surface area contributed by atoms with E-state index in [0.717, 1.165) is 17.5 Å². The number of benzene rings is 1. The maximum atomic E-state index is 13.1. The van der Waals surface area contributed by atoms with Gasteiger partial charge in [-0.15, -0.1) is 0 Å². The van der Waals surface area contributed by atoms with E-state index in [-0.39, 0.29) is 30.5 Å². The van der Waals surface area contributed by atoms with Gasteiger partial charge in [0.15, 0.2) is 0 Å². The number of nitrogens with one attached hydrogen (secondary N) is 3. The number of imidazole rings is 1. The number of anilines is 1. The lowest BCUT2D eigenvalue weighted by atomic mass is 10.0. The molecule has 0 saturated carbocycles. The molecule has 178 valence electrons. The molecule has 1 aromatic carbocycles. The number of carbonyl (C=O) groups excluding carboxylic acids is 2. The molecule has 11 heteroatoms. The van der Waals surface area contributed by atoms with E-state index in [1.807, 2.05) is 36.5 Å². The van der Waals surface area contributed by atoms with Gasteiger partial charge >= 0.3 is 0 Å². The van der Waals surface area contributed by atoms with E-state index in [4.69, 9.17) is 10.8 Å². The Labute approximate surface area is 201 Å². The number of hydrogen-bond donors (Lipinski definition) is 3. The SMILES string of the molecule is CN=CC1CN(C(=O)C(C=N)C(=NC)C(=O)Nc2ccn3cc(-c4ccccc4)nc3n2)CC1=N. The lowest BCUT2D eigenvalue weighted by Gasteiger charge is -2.21. The van der Waals surface area contributed by atoms with Crippen LogP contribution in [0.5, 0.6) is 0 Å². The van der Waals surface area contributed by atoms with Crippen molar-refractivity contribution in [3.05, 3.63) is 48.8 Å². The van der Waals surface area contributed by atoms with Crippen LogP contribution in [-0.2, 0) is 9.59 Å². The van der Waals surface area contributed by atoms with Crippen LogP contribution >= 0.6 is 0 Å². The van der Waals surface area contributed by atoms with Gasteiger partial charge in [-0.2, -0.15) is 4.98 Å². The van der Waals surface area contributed by atoms with Crippen molar-refractivity contribution < 1.29 is 9.59 Å². The fourth-order valence-corrected chi connectivity index (χ4v) is 3.94. The molecule has 1 fully saturated rings. The summed E-state index contributed by atoms with van der Waals surface area (Å²) in [6.07, 6.45) is 6.09. The molecule has 4 rings (SSSR count). The minimum absolute atomic E-state index is 0.112. The van der Waals surface area contributed by atoms with Crippen LogP contribution in [0.4, 0.5) is 5.82 Å². The number of amides is 2. The van der Waals surface area contributed by atoms with Gasteiger partial charge in [0.25, 0.3) is 5.91 Å². The first-order valence-corrected chi connectivity index (χ1v) is 10.9. The van der Waals surface area contributed by atoms with Crippen molar-refractivity contribution in [2.75, 3.05) is 32.5 Å². The summed E-state index contributed by atoms with van der Waals surface area (Å²) in [5.74, 6) is -1.90. The van der Waals surface area contributed by atoms with E-state index in [0.29, 0.717) is 11.5 Å². The summed E-state index contributed by atoms with van der Waals surface area (Å²) < 4.78 is 1.75. The van der Waals surface area contributed by atoms with Crippen molar-refractivity contribution >= 4 is 47.3 Å². The Morgan fingerprint density at radius 1 is 1.20 bits per heavy atom. The molecule has 0 aliphatic carbocycles. The van der Waals surface area contributed by atoms with Crippen LogP contribution in [0.2, 0.25) is 0 Å². The topological polar surface area (TPSA) is 152 Å². The van der Waals surface area contributed by atoms with Gasteiger partial charge in [-0.05, 0) is 6.07 Å². The summed E-state index contributed by atoms with van der Waals surface area (Å²) in [6.45, 7) is 0.403. The second kappa shape index (κ2) is 10.2. The van der Waals surface area contributed by atoms with Gasteiger partial charge < -0.3 is 26.0 Å². The highest BCUT2D eigenvalue weighted by molar-refractivity contribution is 6.49. The van der Waals surface area contributed by atoms with Gasteiger partial charge in [0, 0.05) is 56.7 Å². The van der Waals surface area contributed by atoms with Crippen molar-refractivity contribution in [1.29, 1.82) is 10.8 Å². The monoisotopic (exact) mass is 471 g/mol. The van der Waals surface area contributed by atoms with Crippen LogP contribution in [-0.4, -0.2) is 82.1 Å². The third kappa shape index (κ3) is 4.88. The highest BCUT2D eigenvalue weighted by atomic mass is 16.2. The number of rotatable bonds is 7. The van der Waals surface area contributed by atoms with Crippen LogP contribution in [0.15, 0.2) is 58.8 Å². The molecule has 3 N–H and O–H groups in total. The molecule has 3 heterocycles. The van der Waals surface area contributed by atoms with Crippen LogP contribution < -0.4 is 5.32 Å². The van der Waals surface area contributed by atoms with Crippen LogP contribution in [0.25, 0.3) is 17.0 Å². The number of aromatic nitrogens is 3. The average molecular weight is 472 g/mol. The normalized spacial score (nSPS) is 17.2. The number of hydrogen-bond acceptors (Lipinski definition) is 8. The Morgan fingerprint density at radius 2 is 1.97 bits per heavy atom. The molecule has 0 bridgehead atoms. The molecular weight excluding hydrogens is 446 g/mol. The number of aliphatic imine (C=N–C) groups is 2. The van der Waals surface area contributed by atoms with Crippen molar-refractivity contribution in [3.8, 4) is 11.3 Å². The highest BCUT2D eigenvalue weighted by Crippen LogP contribution is 2.19. The number of carbonyl (C=O) groups is 2. The minimum atomic E-state index is -1.18. The average Bonchev–Trinajstić information content (AvgIpc) is 3.46. The van der Waals surface area contributed by atoms with Crippen molar-refractivity contribution in [1.82, 2.24) is 19.3 Å². The molecule has 2 unspecified atom stereocenters. The largest absolute Gasteiger partial charge is 0.335 e. The molecule has 11 nitrogen and oxygen atoms in total. The van der Waals surface area contributed by atoms with E-state index in [9.17, 15) is 9.59 Å². The van der Waals surface area contributed by atoms with Gasteiger partial charge in [0.2, 0.25) is 11.7 Å². The van der Waals surface area contributed by atoms with Crippen LogP contribution in [0, 0.1) is 22.7 Å². The van der Waals surface area contributed by atoms with Crippen molar-refractivity contribution in [3.63, 3.8) is 0 Å². The summed E-state index contributed by atoms with van der Waals surface area (Å²) in [5.41, 5.74) is 1.94. The zero-order valence-corrected chi connectivity index (χ0v) is 19.3. The quantitative estimate of drug-likeness (QED) is 0.450. The molecule has 1 aliphatic heterocycles. The lowest BCUT2D eigenvalue weighted by molar-refractivity contribution is -0.130. The van der Waals surface area contributed by atoms with E-state index in [2.05, 4.69) is 25.3 Å². The van der Waals surface area contributed by atoms with Gasteiger partial charge in [-0.1, -0.05) is 30.3 Å². The molecule has 0 radical (unpaired) electrons. The number of nitrogens with zero attached hydrogens (tertiary/aromatic N) is 6. The smallest absolute Gasteiger partial charge is 0.271 e. The first kappa shape index (κ1) is 23.6. The second-order valence-electron chi connectivity index (χ2n) is 7.98. The van der Waals surface area contributed by atoms with Gasteiger partial charge in [-0.3, -0.25) is 19.0 Å². The van der Waals surface area contributed by atoms with Gasteiger partial charge in [0.05, 0.1) is 18.2 Å². The Kier molecular flexibility index (Phi) is 6.86. The fourth-order valence-electron chi connectivity index (χ4n) is 3.94. The van der Waals surface area contributed by atoms with Crippen molar-refractivity contribution in [2.45, 2.75) is 0 Å². The van der Waals surface area contributed by atoms with Crippen molar-refractivity contribution in [2.24, 2.45) is 21.8 Å². The second-order valence-corrected chi connectivity index (χ2v) is 7.98. The predicted octanol–water partition coefficient (Wildman–Crippen LogP) is 1.85. The maximum absolute atomic E-state index is 13.1. The molecule has 3 aromatic rings. The molecular formula is C24H25N9O2. The standard InChI is InChI=1S/C24H25N9O2/c1-27-11-16-12-33(13-18(16)26)23(35)17(10-25)21(28-2)22(34)30-20-8-9-32-14-19(29-24(32)31-20)15-6-4-3-5-7-15/h3-11,14,16-17,25-26H,12-13H2,1-2H3,(H,29,30,31,34). The zero-order chi connectivity index (χ0) is 24.9. The number of fused-ring (bicyclic) bond motifs is 1. The minimum Gasteiger partial charge on any atom is -0.335 e. The van der Waals surface area contributed by atoms with Gasteiger partial charge in [-0.25, -0.2) is 4.98 Å². The first-order valence-electron chi connectivity index (χ1n) is 10.9. The van der Waals surface area contributed by atoms with Crippen LogP contribution in [0.1, 0.15) is 0 Å². The molecule has 2 amide bonds. The third-order valence-electron chi connectivity index (χ3n) is 5.70. The molecule has 2 atom stereocenters. The Hall–Kier alpha value is -4.54. The Morgan fingerprint density at radius 3 is 2.66 bits per heavy atom. The van der Waals surface area contributed by atoms with E-state index in [1.165, 1.54) is 11.9 Å². The molecule has 35 heavy (non-hydrogen) atoms. The highest BCUT2D eigenvalue weighted by Gasteiger charge is 2.36. The zero-order valence-electron chi connectivity index (χ0n) is 19.3. The molecule has 1 saturated heterocycles. The molecule has 0 spiro atoms. The summed E-state index contributed by atoms with van der Waals surface area (Å²) in [4.78, 5) is 44.4. The maximum Gasteiger partial charge on any atom is 0.271 e. The Bertz CT molecular complexity index is 1340. The number of likely N-dealkylation sites (tertiary alicyclic amines) is 1. The molecule has 1 aliphatic rings. The van der Waals surface area contributed by atoms with E-state index < -0.39 is 17.7 Å². The Balaban J connectivity index is 1.51. The lowest BCUT2D eigenvalue weighted by Crippen LogP contribution is -2.43. The summed E-state index contributed by atoms with van der Waals surface area (Å²) in [5, 5.41) is 18.5.